The summed E-state index contributed by atoms with van der Waals surface area (Å²) in [4.78, 5) is 12.3. The molecule has 0 aromatic carbocycles. The second-order valence-electron chi connectivity index (χ2n) is 11.3. The molecule has 0 rings (SSSR count). The lowest BCUT2D eigenvalue weighted by molar-refractivity contribution is -0.161. The molecule has 38 heavy (non-hydrogen) atoms. The van der Waals surface area contributed by atoms with Crippen LogP contribution in [0.1, 0.15) is 119 Å². The van der Waals surface area contributed by atoms with Gasteiger partial charge in [-0.15, -0.1) is 0 Å². The molecule has 0 heterocycles. The van der Waals surface area contributed by atoms with E-state index in [1.165, 1.54) is 11.1 Å². The van der Waals surface area contributed by atoms with Gasteiger partial charge in [-0.2, -0.15) is 0 Å². The van der Waals surface area contributed by atoms with E-state index in [1.807, 2.05) is 0 Å². The van der Waals surface area contributed by atoms with Gasteiger partial charge in [0, 0.05) is 26.2 Å². The van der Waals surface area contributed by atoms with Crippen molar-refractivity contribution in [1.82, 2.24) is 5.32 Å². The van der Waals surface area contributed by atoms with Crippen LogP contribution in [0.3, 0.4) is 0 Å². The van der Waals surface area contributed by atoms with Crippen LogP contribution in [0.2, 0.25) is 0 Å². The van der Waals surface area contributed by atoms with Gasteiger partial charge in [0.1, 0.15) is 0 Å². The summed E-state index contributed by atoms with van der Waals surface area (Å²) in [6, 6.07) is 0. The van der Waals surface area contributed by atoms with Crippen LogP contribution in [0.25, 0.3) is 0 Å². The minimum Gasteiger partial charge on any atom is -0.466 e. The molecular formula is C32H61NO5. The van der Waals surface area contributed by atoms with Crippen LogP contribution in [0, 0.1) is 11.8 Å². The first kappa shape index (κ1) is 36.8. The van der Waals surface area contributed by atoms with Crippen molar-refractivity contribution in [3.8, 4) is 0 Å². The molecule has 0 spiro atoms. The first-order valence-electron chi connectivity index (χ1n) is 15.2. The third-order valence-electron chi connectivity index (χ3n) is 6.64. The molecule has 6 nitrogen and oxygen atoms in total. The number of hydrogen-bond donors (Lipinski definition) is 2. The van der Waals surface area contributed by atoms with Crippen LogP contribution >= 0.6 is 0 Å². The number of carbonyl (C=O) groups is 1. The molecule has 224 valence electrons. The average molecular weight is 540 g/mol. The van der Waals surface area contributed by atoms with E-state index in [1.54, 1.807) is 0 Å². The molecule has 0 bridgehead atoms. The largest absolute Gasteiger partial charge is 0.466 e. The lowest BCUT2D eigenvalue weighted by Gasteiger charge is -2.21. The van der Waals surface area contributed by atoms with Gasteiger partial charge in [-0.05, 0) is 97.4 Å². The molecule has 0 aliphatic carbocycles. The standard InChI is InChI=1S/C32H61NO5/c1-27(2)13-11-15-29(5)19-25-37-32(38-26-20-30(6)16-12-14-28(3)4)18-17-31(35)36-24-10-8-7-9-21-33-22-23-34/h13-14,29-30,32-34H,7-12,15-26H2,1-6H3. The lowest BCUT2D eigenvalue weighted by Crippen LogP contribution is -2.22. The maximum absolute atomic E-state index is 12.3. The number of nitrogens with one attached hydrogen (secondary N) is 1. The molecule has 0 aromatic heterocycles. The number of rotatable bonds is 26. The van der Waals surface area contributed by atoms with Gasteiger partial charge in [0.15, 0.2) is 6.29 Å². The summed E-state index contributed by atoms with van der Waals surface area (Å²) in [6.07, 6.45) is 15.7. The van der Waals surface area contributed by atoms with Crippen LogP contribution in [0.4, 0.5) is 0 Å². The topological polar surface area (TPSA) is 77.0 Å². The third kappa shape index (κ3) is 26.4. The summed E-state index contributed by atoms with van der Waals surface area (Å²) in [6.45, 7) is 16.6. The van der Waals surface area contributed by atoms with Crippen molar-refractivity contribution in [2.45, 2.75) is 125 Å². The van der Waals surface area contributed by atoms with Crippen LogP contribution in [0.5, 0.6) is 0 Å². The summed E-state index contributed by atoms with van der Waals surface area (Å²) >= 11 is 0. The number of hydrogen-bond acceptors (Lipinski definition) is 6. The van der Waals surface area contributed by atoms with Crippen molar-refractivity contribution >= 4 is 5.97 Å². The molecule has 0 aromatic rings. The number of esters is 1. The number of aliphatic hydroxyl groups is 1. The maximum atomic E-state index is 12.3. The molecule has 0 amide bonds. The highest BCUT2D eigenvalue weighted by Crippen LogP contribution is 2.16. The summed E-state index contributed by atoms with van der Waals surface area (Å²) in [5.41, 5.74) is 2.74. The van der Waals surface area contributed by atoms with E-state index < -0.39 is 0 Å². The Labute approximate surface area is 235 Å². The Balaban J connectivity index is 4.33. The van der Waals surface area contributed by atoms with E-state index >= 15 is 0 Å². The fraction of sp³-hybridized carbons (Fsp3) is 0.844. The van der Waals surface area contributed by atoms with E-state index in [-0.39, 0.29) is 18.9 Å². The molecule has 0 saturated heterocycles. The van der Waals surface area contributed by atoms with Gasteiger partial charge in [-0.25, -0.2) is 0 Å². The molecule has 0 aliphatic heterocycles. The average Bonchev–Trinajstić information content (AvgIpc) is 2.85. The Morgan fingerprint density at radius 1 is 0.737 bits per heavy atom. The molecule has 2 atom stereocenters. The number of unbranched alkanes of at least 4 members (excludes halogenated alkanes) is 3. The van der Waals surface area contributed by atoms with E-state index in [0.29, 0.717) is 51.0 Å². The predicted molar refractivity (Wildman–Crippen MR) is 159 cm³/mol. The van der Waals surface area contributed by atoms with E-state index in [2.05, 4.69) is 59.0 Å². The Bertz CT molecular complexity index is 577. The molecule has 0 saturated carbocycles. The van der Waals surface area contributed by atoms with Gasteiger partial charge in [-0.1, -0.05) is 50.0 Å². The van der Waals surface area contributed by atoms with E-state index in [4.69, 9.17) is 19.3 Å². The van der Waals surface area contributed by atoms with Gasteiger partial charge in [0.2, 0.25) is 0 Å². The fourth-order valence-corrected chi connectivity index (χ4v) is 4.02. The molecule has 0 aliphatic rings. The van der Waals surface area contributed by atoms with Crippen molar-refractivity contribution in [1.29, 1.82) is 0 Å². The lowest BCUT2D eigenvalue weighted by atomic mass is 10.0. The minimum atomic E-state index is -0.357. The van der Waals surface area contributed by atoms with E-state index in [9.17, 15) is 4.79 Å². The molecular weight excluding hydrogens is 478 g/mol. The fourth-order valence-electron chi connectivity index (χ4n) is 4.02. The Hall–Kier alpha value is -1.21. The van der Waals surface area contributed by atoms with Crippen LogP contribution < -0.4 is 5.32 Å². The molecule has 6 heteroatoms. The van der Waals surface area contributed by atoms with Crippen molar-refractivity contribution in [3.05, 3.63) is 23.3 Å². The zero-order valence-corrected chi connectivity index (χ0v) is 25.7. The Kier molecular flexibility index (Phi) is 25.2. The van der Waals surface area contributed by atoms with Crippen LogP contribution in [-0.2, 0) is 19.0 Å². The second-order valence-corrected chi connectivity index (χ2v) is 11.3. The smallest absolute Gasteiger partial charge is 0.305 e. The van der Waals surface area contributed by atoms with Gasteiger partial charge >= 0.3 is 5.97 Å². The third-order valence-corrected chi connectivity index (χ3v) is 6.64. The van der Waals surface area contributed by atoms with Crippen molar-refractivity contribution < 1.29 is 24.1 Å². The number of carbonyl (C=O) groups excluding carboxylic acids is 1. The molecule has 0 radical (unpaired) electrons. The first-order chi connectivity index (χ1) is 18.2. The number of allylic oxidation sites excluding steroid dienone is 4. The van der Waals surface area contributed by atoms with Gasteiger partial charge in [0.05, 0.1) is 19.6 Å². The van der Waals surface area contributed by atoms with Gasteiger partial charge in [-0.3, -0.25) is 4.79 Å². The molecule has 2 unspecified atom stereocenters. The quantitative estimate of drug-likeness (QED) is 0.0518. The Morgan fingerprint density at radius 3 is 1.82 bits per heavy atom. The minimum absolute atomic E-state index is 0.169. The van der Waals surface area contributed by atoms with Gasteiger partial charge in [0.25, 0.3) is 0 Å². The van der Waals surface area contributed by atoms with Crippen molar-refractivity contribution in [3.63, 3.8) is 0 Å². The highest BCUT2D eigenvalue weighted by molar-refractivity contribution is 5.69. The highest BCUT2D eigenvalue weighted by Gasteiger charge is 2.15. The zero-order valence-electron chi connectivity index (χ0n) is 25.7. The monoisotopic (exact) mass is 539 g/mol. The van der Waals surface area contributed by atoms with Crippen molar-refractivity contribution in [2.24, 2.45) is 11.8 Å². The first-order valence-corrected chi connectivity index (χ1v) is 15.2. The van der Waals surface area contributed by atoms with E-state index in [0.717, 1.165) is 70.8 Å². The summed E-state index contributed by atoms with van der Waals surface area (Å²) < 4.78 is 17.7. The highest BCUT2D eigenvalue weighted by atomic mass is 16.7. The zero-order chi connectivity index (χ0) is 28.4. The summed E-state index contributed by atoms with van der Waals surface area (Å²) in [5.74, 6) is 1.02. The maximum Gasteiger partial charge on any atom is 0.305 e. The van der Waals surface area contributed by atoms with Crippen LogP contribution in [0.15, 0.2) is 23.3 Å². The normalized spacial score (nSPS) is 13.6. The number of aliphatic hydroxyl groups excluding tert-OH is 1. The molecule has 0 fully saturated rings. The van der Waals surface area contributed by atoms with Crippen molar-refractivity contribution in [2.75, 3.05) is 39.5 Å². The second kappa shape index (κ2) is 26.0. The number of ether oxygens (including phenoxy) is 3. The predicted octanol–water partition coefficient (Wildman–Crippen LogP) is 7.36. The van der Waals surface area contributed by atoms with Crippen LogP contribution in [-0.4, -0.2) is 56.9 Å². The summed E-state index contributed by atoms with van der Waals surface area (Å²) in [5, 5.41) is 11.9. The molecule has 2 N–H and O–H groups in total. The van der Waals surface area contributed by atoms with Gasteiger partial charge < -0.3 is 24.6 Å². The summed E-state index contributed by atoms with van der Waals surface area (Å²) in [7, 11) is 0. The Morgan fingerprint density at radius 2 is 1.29 bits per heavy atom. The SMILES string of the molecule is CC(C)=CCCC(C)CCOC(CCC(=O)OCCCCCCNCCO)OCCC(C)CCC=C(C)C.